The van der Waals surface area contributed by atoms with Crippen LogP contribution in [0.15, 0.2) is 38.8 Å². The molecule has 0 bridgehead atoms. The van der Waals surface area contributed by atoms with E-state index >= 15 is 0 Å². The molecule has 2 rings (SSSR count). The van der Waals surface area contributed by atoms with Crippen LogP contribution in [-0.4, -0.2) is 12.2 Å². The molecule has 2 aromatic rings. The Balaban J connectivity index is 2.45. The molecular formula is C12H11N3O3. The number of amides is 2. The van der Waals surface area contributed by atoms with Gasteiger partial charge in [-0.2, -0.15) is 5.10 Å². The third-order valence-electron chi connectivity index (χ3n) is 2.34. The van der Waals surface area contributed by atoms with E-state index in [2.05, 4.69) is 5.10 Å². The first-order valence-corrected chi connectivity index (χ1v) is 5.18. The van der Waals surface area contributed by atoms with E-state index in [0.29, 0.717) is 11.0 Å². The molecule has 1 aromatic heterocycles. The Labute approximate surface area is 102 Å². The minimum Gasteiger partial charge on any atom is -0.463 e. The predicted octanol–water partition coefficient (Wildman–Crippen LogP) is 1.10. The van der Waals surface area contributed by atoms with Gasteiger partial charge in [-0.1, -0.05) is 6.07 Å². The number of hydrogen-bond donors (Lipinski definition) is 2. The molecule has 0 aliphatic heterocycles. The van der Waals surface area contributed by atoms with Crippen LogP contribution >= 0.6 is 0 Å². The first-order chi connectivity index (χ1) is 8.58. The molecule has 0 atom stereocenters. The maximum Gasteiger partial charge on any atom is 0.332 e. The van der Waals surface area contributed by atoms with Crippen molar-refractivity contribution in [2.45, 2.75) is 6.92 Å². The number of fused-ring (bicyclic) bond motifs is 1. The number of nitrogens with one attached hydrogen (secondary N) is 1. The second-order valence-electron chi connectivity index (χ2n) is 3.75. The number of carbonyl (C=O) groups is 1. The van der Waals surface area contributed by atoms with Crippen LogP contribution in [0.3, 0.4) is 0 Å². The van der Waals surface area contributed by atoms with E-state index in [9.17, 15) is 9.59 Å². The monoisotopic (exact) mass is 245 g/mol. The van der Waals surface area contributed by atoms with E-state index in [0.717, 1.165) is 5.56 Å². The Kier molecular flexibility index (Phi) is 3.09. The smallest absolute Gasteiger partial charge is 0.332 e. The SMILES string of the molecule is Cc1ccc2c(=O)c(C=NNC(N)=O)coc2c1. The van der Waals surface area contributed by atoms with Crippen LogP contribution in [0.4, 0.5) is 4.79 Å². The fourth-order valence-electron chi connectivity index (χ4n) is 1.51. The largest absolute Gasteiger partial charge is 0.463 e. The van der Waals surface area contributed by atoms with Crippen LogP contribution in [0.5, 0.6) is 0 Å². The molecule has 0 spiro atoms. The number of primary amides is 1. The molecule has 18 heavy (non-hydrogen) atoms. The number of hydrogen-bond acceptors (Lipinski definition) is 4. The maximum absolute atomic E-state index is 12.0. The van der Waals surface area contributed by atoms with Gasteiger partial charge in [0.1, 0.15) is 11.8 Å². The zero-order valence-electron chi connectivity index (χ0n) is 9.64. The molecule has 6 nitrogen and oxygen atoms in total. The van der Waals surface area contributed by atoms with E-state index < -0.39 is 6.03 Å². The molecule has 0 saturated carbocycles. The third kappa shape index (κ3) is 2.37. The summed E-state index contributed by atoms with van der Waals surface area (Å²) in [7, 11) is 0. The third-order valence-corrected chi connectivity index (χ3v) is 2.34. The van der Waals surface area contributed by atoms with E-state index in [1.807, 2.05) is 18.4 Å². The van der Waals surface area contributed by atoms with Crippen LogP contribution < -0.4 is 16.6 Å². The van der Waals surface area contributed by atoms with Gasteiger partial charge in [0.05, 0.1) is 17.2 Å². The lowest BCUT2D eigenvalue weighted by Gasteiger charge is -1.99. The number of carbonyl (C=O) groups excluding carboxylic acids is 1. The van der Waals surface area contributed by atoms with Gasteiger partial charge in [0.25, 0.3) is 0 Å². The van der Waals surface area contributed by atoms with Gasteiger partial charge in [-0.05, 0) is 24.6 Å². The Morgan fingerprint density at radius 2 is 2.28 bits per heavy atom. The number of nitrogens with zero attached hydrogens (tertiary/aromatic N) is 1. The van der Waals surface area contributed by atoms with Crippen molar-refractivity contribution >= 4 is 23.2 Å². The van der Waals surface area contributed by atoms with E-state index in [4.69, 9.17) is 10.2 Å². The van der Waals surface area contributed by atoms with Gasteiger partial charge in [-0.25, -0.2) is 10.2 Å². The zero-order valence-corrected chi connectivity index (χ0v) is 9.64. The first-order valence-electron chi connectivity index (χ1n) is 5.18. The molecule has 1 heterocycles. The van der Waals surface area contributed by atoms with Crippen molar-refractivity contribution < 1.29 is 9.21 Å². The molecule has 0 aliphatic rings. The van der Waals surface area contributed by atoms with Gasteiger partial charge in [0, 0.05) is 0 Å². The molecule has 0 aliphatic carbocycles. The molecule has 92 valence electrons. The highest BCUT2D eigenvalue weighted by molar-refractivity contribution is 5.87. The van der Waals surface area contributed by atoms with Crippen molar-refractivity contribution in [3.63, 3.8) is 0 Å². The summed E-state index contributed by atoms with van der Waals surface area (Å²) in [5.41, 5.74) is 8.38. The molecule has 0 fully saturated rings. The highest BCUT2D eigenvalue weighted by Crippen LogP contribution is 2.12. The van der Waals surface area contributed by atoms with Gasteiger partial charge in [-0.3, -0.25) is 4.79 Å². The van der Waals surface area contributed by atoms with Gasteiger partial charge in [-0.15, -0.1) is 0 Å². The Bertz CT molecular complexity index is 689. The molecule has 0 unspecified atom stereocenters. The van der Waals surface area contributed by atoms with Crippen molar-refractivity contribution in [2.75, 3.05) is 0 Å². The zero-order chi connectivity index (χ0) is 13.1. The summed E-state index contributed by atoms with van der Waals surface area (Å²) in [5, 5.41) is 3.98. The summed E-state index contributed by atoms with van der Waals surface area (Å²) in [6.45, 7) is 1.91. The van der Waals surface area contributed by atoms with Crippen LogP contribution in [0.25, 0.3) is 11.0 Å². The van der Waals surface area contributed by atoms with Crippen molar-refractivity contribution in [1.82, 2.24) is 5.43 Å². The van der Waals surface area contributed by atoms with Crippen molar-refractivity contribution in [3.05, 3.63) is 45.8 Å². The summed E-state index contributed by atoms with van der Waals surface area (Å²) in [5.74, 6) is 0. The lowest BCUT2D eigenvalue weighted by Crippen LogP contribution is -2.24. The number of benzene rings is 1. The standard InChI is InChI=1S/C12H11N3O3/c1-7-2-3-9-10(4-7)18-6-8(11(9)16)5-14-15-12(13)17/h2-6H,1H3,(H3,13,15,17). The average Bonchev–Trinajstić information content (AvgIpc) is 2.31. The first kappa shape index (κ1) is 11.8. The number of hydrazone groups is 1. The second-order valence-corrected chi connectivity index (χ2v) is 3.75. The number of rotatable bonds is 2. The number of urea groups is 1. The molecule has 2 amide bonds. The van der Waals surface area contributed by atoms with E-state index in [1.54, 1.807) is 12.1 Å². The summed E-state index contributed by atoms with van der Waals surface area (Å²) in [4.78, 5) is 22.4. The quantitative estimate of drug-likeness (QED) is 0.612. The summed E-state index contributed by atoms with van der Waals surface area (Å²) in [6.07, 6.45) is 2.48. The minimum absolute atomic E-state index is 0.216. The topological polar surface area (TPSA) is 97.7 Å². The normalized spacial score (nSPS) is 10.9. The van der Waals surface area contributed by atoms with Crippen LogP contribution in [0.2, 0.25) is 0 Å². The summed E-state index contributed by atoms with van der Waals surface area (Å²) in [6, 6.07) is 4.49. The fraction of sp³-hybridized carbons (Fsp3) is 0.0833. The van der Waals surface area contributed by atoms with Crippen molar-refractivity contribution in [3.8, 4) is 0 Å². The number of aryl methyl sites for hydroxylation is 1. The molecular weight excluding hydrogens is 234 g/mol. The van der Waals surface area contributed by atoms with Crippen LogP contribution in [0, 0.1) is 6.92 Å². The Morgan fingerprint density at radius 1 is 1.50 bits per heavy atom. The van der Waals surface area contributed by atoms with Gasteiger partial charge < -0.3 is 10.2 Å². The van der Waals surface area contributed by atoms with E-state index in [-0.39, 0.29) is 11.0 Å². The van der Waals surface area contributed by atoms with Crippen molar-refractivity contribution in [2.24, 2.45) is 10.8 Å². The lowest BCUT2D eigenvalue weighted by molar-refractivity contribution is 0.249. The number of nitrogens with two attached hydrogens (primary N) is 1. The van der Waals surface area contributed by atoms with Crippen LogP contribution in [-0.2, 0) is 0 Å². The average molecular weight is 245 g/mol. The minimum atomic E-state index is -0.799. The van der Waals surface area contributed by atoms with Gasteiger partial charge >= 0.3 is 6.03 Å². The predicted molar refractivity (Wildman–Crippen MR) is 67.5 cm³/mol. The maximum atomic E-state index is 12.0. The summed E-state index contributed by atoms with van der Waals surface area (Å²) >= 11 is 0. The molecule has 1 aromatic carbocycles. The lowest BCUT2D eigenvalue weighted by atomic mass is 10.1. The molecule has 3 N–H and O–H groups in total. The van der Waals surface area contributed by atoms with Crippen molar-refractivity contribution in [1.29, 1.82) is 0 Å². The second kappa shape index (κ2) is 4.70. The molecule has 6 heteroatoms. The van der Waals surface area contributed by atoms with Crippen LogP contribution in [0.1, 0.15) is 11.1 Å². The Morgan fingerprint density at radius 3 is 3.00 bits per heavy atom. The Hall–Kier alpha value is -2.63. The molecule has 0 radical (unpaired) electrons. The van der Waals surface area contributed by atoms with E-state index in [1.165, 1.54) is 12.5 Å². The molecule has 0 saturated heterocycles. The fourth-order valence-corrected chi connectivity index (χ4v) is 1.51. The highest BCUT2D eigenvalue weighted by atomic mass is 16.3. The van der Waals surface area contributed by atoms with Gasteiger partial charge in [0.2, 0.25) is 5.43 Å². The highest BCUT2D eigenvalue weighted by Gasteiger charge is 2.05. The summed E-state index contributed by atoms with van der Waals surface area (Å²) < 4.78 is 5.33. The van der Waals surface area contributed by atoms with Gasteiger partial charge in [0.15, 0.2) is 0 Å².